The molecule has 0 bridgehead atoms. The van der Waals surface area contributed by atoms with Crippen LogP contribution in [0, 0.1) is 5.41 Å². The topological polar surface area (TPSA) is 109 Å². The normalized spacial score (nSPS) is 14.6. The maximum Gasteiger partial charge on any atom is 0.276 e. The first kappa shape index (κ1) is 20.6. The van der Waals surface area contributed by atoms with Crippen LogP contribution < -0.4 is 21.5 Å². The summed E-state index contributed by atoms with van der Waals surface area (Å²) in [7, 11) is 0. The second kappa shape index (κ2) is 9.88. The summed E-state index contributed by atoms with van der Waals surface area (Å²) in [6.07, 6.45) is 1.08. The highest BCUT2D eigenvalue weighted by Gasteiger charge is 2.12. The number of hydrogen-bond acceptors (Lipinski definition) is 7. The maximum atomic E-state index is 12.4. The van der Waals surface area contributed by atoms with Gasteiger partial charge in [-0.2, -0.15) is 0 Å². The molecule has 150 valence electrons. The SMILES string of the molecule is N=Cc1nc(NCc2ccc(Cl)c(Cl)c2)[nH]c(=O)c1NCCN1CCNCC1. The average Bonchev–Trinajstić information content (AvgIpc) is 2.70. The molecule has 8 nitrogen and oxygen atoms in total. The molecule has 28 heavy (non-hydrogen) atoms. The average molecular weight is 424 g/mol. The van der Waals surface area contributed by atoms with Crippen molar-refractivity contribution in [2.75, 3.05) is 49.9 Å². The van der Waals surface area contributed by atoms with E-state index in [1.54, 1.807) is 12.1 Å². The second-order valence-corrected chi connectivity index (χ2v) is 7.25. The standard InChI is InChI=1S/C18H23Cl2N7O/c19-13-2-1-12(9-14(13)20)11-24-18-25-15(10-21)16(17(28)26-18)23-5-8-27-6-3-22-4-7-27/h1-2,9-10,21-23H,3-8,11H2,(H2,24,25,26,28). The lowest BCUT2D eigenvalue weighted by molar-refractivity contribution is 0.249. The summed E-state index contributed by atoms with van der Waals surface area (Å²) in [6, 6.07) is 5.30. The lowest BCUT2D eigenvalue weighted by Crippen LogP contribution is -2.45. The Morgan fingerprint density at radius 2 is 2.00 bits per heavy atom. The monoisotopic (exact) mass is 423 g/mol. The van der Waals surface area contributed by atoms with E-state index in [1.165, 1.54) is 0 Å². The molecule has 1 fully saturated rings. The van der Waals surface area contributed by atoms with E-state index in [-0.39, 0.29) is 5.56 Å². The number of halogens is 2. The van der Waals surface area contributed by atoms with Crippen LogP contribution in [0.25, 0.3) is 0 Å². The molecular formula is C18H23Cl2N7O. The van der Waals surface area contributed by atoms with Gasteiger partial charge in [-0.1, -0.05) is 29.3 Å². The van der Waals surface area contributed by atoms with Crippen LogP contribution in [-0.2, 0) is 6.54 Å². The van der Waals surface area contributed by atoms with Crippen LogP contribution in [-0.4, -0.2) is 60.4 Å². The minimum Gasteiger partial charge on any atom is -0.377 e. The number of nitrogens with zero attached hydrogens (tertiary/aromatic N) is 2. The molecule has 0 atom stereocenters. The summed E-state index contributed by atoms with van der Waals surface area (Å²) in [5, 5.41) is 18.0. The number of hydrogen-bond donors (Lipinski definition) is 5. The molecule has 1 aliphatic rings. The molecule has 0 unspecified atom stereocenters. The molecule has 2 heterocycles. The molecule has 5 N–H and O–H groups in total. The van der Waals surface area contributed by atoms with Gasteiger partial charge in [0.05, 0.1) is 10.0 Å². The number of rotatable bonds is 8. The molecular weight excluding hydrogens is 401 g/mol. The highest BCUT2D eigenvalue weighted by atomic mass is 35.5. The van der Waals surface area contributed by atoms with Crippen LogP contribution in [0.15, 0.2) is 23.0 Å². The van der Waals surface area contributed by atoms with Gasteiger partial charge in [0.15, 0.2) is 0 Å². The molecule has 0 aliphatic carbocycles. The fourth-order valence-corrected chi connectivity index (χ4v) is 3.28. The molecule has 0 spiro atoms. The van der Waals surface area contributed by atoms with E-state index in [0.29, 0.717) is 40.5 Å². The summed E-state index contributed by atoms with van der Waals surface area (Å²) in [6.45, 7) is 5.79. The zero-order valence-electron chi connectivity index (χ0n) is 15.3. The number of aromatic nitrogens is 2. The van der Waals surface area contributed by atoms with Crippen molar-refractivity contribution in [3.05, 3.63) is 49.9 Å². The Kier molecular flexibility index (Phi) is 7.27. The van der Waals surface area contributed by atoms with Gasteiger partial charge in [0, 0.05) is 52.0 Å². The van der Waals surface area contributed by atoms with Gasteiger partial charge in [0.2, 0.25) is 5.95 Å². The predicted octanol–water partition coefficient (Wildman–Crippen LogP) is 2.00. The Labute approximate surface area is 173 Å². The summed E-state index contributed by atoms with van der Waals surface area (Å²) in [4.78, 5) is 21.8. The first-order valence-corrected chi connectivity index (χ1v) is 9.82. The lowest BCUT2D eigenvalue weighted by Gasteiger charge is -2.27. The number of benzene rings is 1. The predicted molar refractivity (Wildman–Crippen MR) is 114 cm³/mol. The Morgan fingerprint density at radius 3 is 2.71 bits per heavy atom. The Morgan fingerprint density at radius 1 is 1.21 bits per heavy atom. The summed E-state index contributed by atoms with van der Waals surface area (Å²) in [5.41, 5.74) is 1.18. The highest BCUT2D eigenvalue weighted by molar-refractivity contribution is 6.42. The van der Waals surface area contributed by atoms with E-state index in [2.05, 4.69) is 30.8 Å². The molecule has 1 saturated heterocycles. The zero-order chi connectivity index (χ0) is 19.9. The molecule has 1 aromatic carbocycles. The van der Waals surface area contributed by atoms with Gasteiger partial charge in [0.1, 0.15) is 11.4 Å². The van der Waals surface area contributed by atoms with Crippen LogP contribution in [0.4, 0.5) is 11.6 Å². The molecule has 0 saturated carbocycles. The first-order valence-electron chi connectivity index (χ1n) is 9.06. The fourth-order valence-electron chi connectivity index (χ4n) is 2.96. The number of nitrogens with one attached hydrogen (secondary N) is 5. The van der Waals surface area contributed by atoms with Crippen LogP contribution in [0.1, 0.15) is 11.3 Å². The third-order valence-corrected chi connectivity index (χ3v) is 5.21. The van der Waals surface area contributed by atoms with E-state index in [1.807, 2.05) is 6.07 Å². The third kappa shape index (κ3) is 5.45. The third-order valence-electron chi connectivity index (χ3n) is 4.47. The van der Waals surface area contributed by atoms with Crippen molar-refractivity contribution in [1.82, 2.24) is 20.2 Å². The Hall–Kier alpha value is -2.13. The van der Waals surface area contributed by atoms with Gasteiger partial charge < -0.3 is 21.4 Å². The summed E-state index contributed by atoms with van der Waals surface area (Å²) in [5.74, 6) is 0.294. The van der Waals surface area contributed by atoms with Crippen LogP contribution in [0.3, 0.4) is 0 Å². The minimum absolute atomic E-state index is 0.292. The number of H-pyrrole nitrogens is 1. The largest absolute Gasteiger partial charge is 0.377 e. The fraction of sp³-hybridized carbons (Fsp3) is 0.389. The van der Waals surface area contributed by atoms with E-state index in [0.717, 1.165) is 44.5 Å². The van der Waals surface area contributed by atoms with Gasteiger partial charge in [-0.05, 0) is 17.7 Å². The Balaban J connectivity index is 1.62. The number of piperazine rings is 1. The van der Waals surface area contributed by atoms with Gasteiger partial charge >= 0.3 is 0 Å². The van der Waals surface area contributed by atoms with Gasteiger partial charge in [-0.3, -0.25) is 14.7 Å². The van der Waals surface area contributed by atoms with Crippen LogP contribution in [0.2, 0.25) is 10.0 Å². The van der Waals surface area contributed by atoms with Crippen LogP contribution in [0.5, 0.6) is 0 Å². The lowest BCUT2D eigenvalue weighted by atomic mass is 10.2. The molecule has 3 rings (SSSR count). The van der Waals surface area contributed by atoms with E-state index >= 15 is 0 Å². The van der Waals surface area contributed by atoms with Gasteiger partial charge in [-0.15, -0.1) is 0 Å². The van der Waals surface area contributed by atoms with Crippen molar-refractivity contribution < 1.29 is 0 Å². The van der Waals surface area contributed by atoms with Gasteiger partial charge in [-0.25, -0.2) is 4.98 Å². The summed E-state index contributed by atoms with van der Waals surface area (Å²) >= 11 is 11.9. The number of anilines is 2. The van der Waals surface area contributed by atoms with Crippen molar-refractivity contribution in [2.24, 2.45) is 0 Å². The van der Waals surface area contributed by atoms with E-state index in [4.69, 9.17) is 28.6 Å². The molecule has 1 aromatic heterocycles. The summed E-state index contributed by atoms with van der Waals surface area (Å²) < 4.78 is 0. The zero-order valence-corrected chi connectivity index (χ0v) is 16.8. The van der Waals surface area contributed by atoms with Crippen molar-refractivity contribution in [2.45, 2.75) is 6.54 Å². The van der Waals surface area contributed by atoms with Gasteiger partial charge in [0.25, 0.3) is 5.56 Å². The molecule has 1 aliphatic heterocycles. The molecule has 2 aromatic rings. The molecule has 0 radical (unpaired) electrons. The van der Waals surface area contributed by atoms with Crippen molar-refractivity contribution in [3.8, 4) is 0 Å². The number of aromatic amines is 1. The molecule has 10 heteroatoms. The van der Waals surface area contributed by atoms with Crippen molar-refractivity contribution in [3.63, 3.8) is 0 Å². The smallest absolute Gasteiger partial charge is 0.276 e. The Bertz CT molecular complexity index is 881. The van der Waals surface area contributed by atoms with Crippen molar-refractivity contribution >= 4 is 41.1 Å². The van der Waals surface area contributed by atoms with Crippen molar-refractivity contribution in [1.29, 1.82) is 5.41 Å². The first-order chi connectivity index (χ1) is 13.6. The maximum absolute atomic E-state index is 12.4. The molecule has 0 amide bonds. The minimum atomic E-state index is -0.314. The van der Waals surface area contributed by atoms with E-state index < -0.39 is 0 Å². The quantitative estimate of drug-likeness (QED) is 0.415. The highest BCUT2D eigenvalue weighted by Crippen LogP contribution is 2.22. The van der Waals surface area contributed by atoms with Crippen LogP contribution >= 0.6 is 23.2 Å². The van der Waals surface area contributed by atoms with E-state index in [9.17, 15) is 4.79 Å². The second-order valence-electron chi connectivity index (χ2n) is 6.44.